The molecule has 5 heteroatoms. The van der Waals surface area contributed by atoms with Crippen molar-refractivity contribution in [1.29, 1.82) is 0 Å². The lowest BCUT2D eigenvalue weighted by molar-refractivity contribution is -0.130. The normalized spacial score (nSPS) is 24.9. The summed E-state index contributed by atoms with van der Waals surface area (Å²) in [7, 11) is 0. The number of hydrogen-bond donors (Lipinski definition) is 1. The molecule has 1 spiro atoms. The van der Waals surface area contributed by atoms with Crippen LogP contribution in [0.15, 0.2) is 0 Å². The smallest absolute Gasteiger partial charge is 0.410 e. The average molecular weight is 254 g/mol. The van der Waals surface area contributed by atoms with Gasteiger partial charge in [0.15, 0.2) is 0 Å². The quantitative estimate of drug-likeness (QED) is 0.776. The first-order chi connectivity index (χ1) is 8.62. The third-order valence-corrected chi connectivity index (χ3v) is 3.74. The van der Waals surface area contributed by atoms with Crippen LogP contribution in [0.1, 0.15) is 46.0 Å². The van der Waals surface area contributed by atoms with E-state index in [4.69, 9.17) is 4.74 Å². The minimum absolute atomic E-state index is 0.0336. The molecule has 0 aromatic carbocycles. The number of carbonyl (C=O) groups excluding carboxylic acids is 2. The number of ether oxygens (including phenoxy) is 1. The molecule has 1 saturated heterocycles. The van der Waals surface area contributed by atoms with Gasteiger partial charge < -0.3 is 10.1 Å². The molecule has 2 aliphatic rings. The van der Waals surface area contributed by atoms with E-state index in [1.165, 1.54) is 0 Å². The number of nitrogens with zero attached hydrogens (tertiary/aromatic N) is 1. The van der Waals surface area contributed by atoms with Crippen molar-refractivity contribution in [3.63, 3.8) is 0 Å². The zero-order valence-electron chi connectivity index (χ0n) is 11.2. The summed E-state index contributed by atoms with van der Waals surface area (Å²) in [6.07, 6.45) is 4.09. The first-order valence-corrected chi connectivity index (χ1v) is 6.87. The summed E-state index contributed by atoms with van der Waals surface area (Å²) in [5, 5.41) is 3.03. The van der Waals surface area contributed by atoms with Gasteiger partial charge in [-0.2, -0.15) is 0 Å². The first kappa shape index (κ1) is 13.2. The third kappa shape index (κ3) is 2.60. The highest BCUT2D eigenvalue weighted by Crippen LogP contribution is 2.39. The number of amides is 2. The minimum Gasteiger partial charge on any atom is -0.449 e. The van der Waals surface area contributed by atoms with Gasteiger partial charge >= 0.3 is 6.09 Å². The molecule has 2 amide bonds. The van der Waals surface area contributed by atoms with E-state index in [1.54, 1.807) is 4.90 Å². The summed E-state index contributed by atoms with van der Waals surface area (Å²) in [6.45, 7) is 5.01. The van der Waals surface area contributed by atoms with Crippen molar-refractivity contribution < 1.29 is 14.3 Å². The summed E-state index contributed by atoms with van der Waals surface area (Å²) in [5.74, 6) is -0.0336. The van der Waals surface area contributed by atoms with Gasteiger partial charge in [-0.15, -0.1) is 0 Å². The van der Waals surface area contributed by atoms with Gasteiger partial charge in [-0.05, 0) is 25.7 Å². The zero-order chi connectivity index (χ0) is 13.2. The average Bonchev–Trinajstić information content (AvgIpc) is 3.08. The second kappa shape index (κ2) is 5.16. The van der Waals surface area contributed by atoms with E-state index in [2.05, 4.69) is 12.2 Å². The predicted octanol–water partition coefficient (Wildman–Crippen LogP) is 1.67. The highest BCUT2D eigenvalue weighted by atomic mass is 16.6. The lowest BCUT2D eigenvalue weighted by Gasteiger charge is -2.38. The van der Waals surface area contributed by atoms with Crippen LogP contribution in [0.25, 0.3) is 0 Å². The SMILES string of the molecule is CCCCOC(=O)N1CC2(CC2)NC(=O)C1CC. The van der Waals surface area contributed by atoms with Gasteiger partial charge in [0.2, 0.25) is 5.91 Å². The fourth-order valence-corrected chi connectivity index (χ4v) is 2.38. The number of unbranched alkanes of at least 4 members (excludes halogenated alkanes) is 1. The van der Waals surface area contributed by atoms with E-state index in [0.717, 1.165) is 25.7 Å². The molecule has 0 aromatic rings. The molecule has 1 aliphatic carbocycles. The molecule has 2 fully saturated rings. The van der Waals surface area contributed by atoms with Crippen molar-refractivity contribution >= 4 is 12.0 Å². The molecule has 0 radical (unpaired) electrons. The highest BCUT2D eigenvalue weighted by molar-refractivity contribution is 5.88. The van der Waals surface area contributed by atoms with Crippen molar-refractivity contribution in [2.75, 3.05) is 13.2 Å². The first-order valence-electron chi connectivity index (χ1n) is 6.87. The van der Waals surface area contributed by atoms with Gasteiger partial charge in [0.1, 0.15) is 6.04 Å². The van der Waals surface area contributed by atoms with Crippen LogP contribution >= 0.6 is 0 Å². The monoisotopic (exact) mass is 254 g/mol. The number of hydrogen-bond acceptors (Lipinski definition) is 3. The maximum absolute atomic E-state index is 12.0. The van der Waals surface area contributed by atoms with Crippen LogP contribution in [0.2, 0.25) is 0 Å². The molecule has 1 N–H and O–H groups in total. The molecule has 1 saturated carbocycles. The Morgan fingerprint density at radius 1 is 1.50 bits per heavy atom. The van der Waals surface area contributed by atoms with Gasteiger partial charge in [-0.25, -0.2) is 4.79 Å². The molecule has 2 rings (SSSR count). The topological polar surface area (TPSA) is 58.6 Å². The molecule has 18 heavy (non-hydrogen) atoms. The summed E-state index contributed by atoms with van der Waals surface area (Å²) >= 11 is 0. The fourth-order valence-electron chi connectivity index (χ4n) is 2.38. The molecule has 1 atom stereocenters. The molecular weight excluding hydrogens is 232 g/mol. The van der Waals surface area contributed by atoms with E-state index in [1.807, 2.05) is 6.92 Å². The highest BCUT2D eigenvalue weighted by Gasteiger charge is 2.52. The van der Waals surface area contributed by atoms with Crippen molar-refractivity contribution in [2.45, 2.75) is 57.5 Å². The lowest BCUT2D eigenvalue weighted by atomic mass is 10.1. The van der Waals surface area contributed by atoms with Gasteiger partial charge in [-0.3, -0.25) is 9.69 Å². The van der Waals surface area contributed by atoms with Crippen molar-refractivity contribution in [1.82, 2.24) is 10.2 Å². The lowest BCUT2D eigenvalue weighted by Crippen LogP contribution is -2.62. The van der Waals surface area contributed by atoms with Gasteiger partial charge in [-0.1, -0.05) is 20.3 Å². The maximum Gasteiger partial charge on any atom is 0.410 e. The Kier molecular flexibility index (Phi) is 3.78. The van der Waals surface area contributed by atoms with Gasteiger partial charge in [0.25, 0.3) is 0 Å². The Bertz CT molecular complexity index is 339. The number of piperazine rings is 1. The molecule has 1 unspecified atom stereocenters. The second-order valence-corrected chi connectivity index (χ2v) is 5.29. The Morgan fingerprint density at radius 2 is 2.22 bits per heavy atom. The Hall–Kier alpha value is -1.26. The molecule has 0 bridgehead atoms. The standard InChI is InChI=1S/C13H22N2O3/c1-3-5-8-18-12(17)15-9-13(6-7-13)14-11(16)10(15)4-2/h10H,3-9H2,1-2H3,(H,14,16). The third-order valence-electron chi connectivity index (χ3n) is 3.74. The predicted molar refractivity (Wildman–Crippen MR) is 67.1 cm³/mol. The molecule has 102 valence electrons. The van der Waals surface area contributed by atoms with Crippen molar-refractivity contribution in [3.8, 4) is 0 Å². The van der Waals surface area contributed by atoms with Crippen LogP contribution < -0.4 is 5.32 Å². The van der Waals surface area contributed by atoms with Crippen LogP contribution in [0.5, 0.6) is 0 Å². The van der Waals surface area contributed by atoms with Crippen LogP contribution in [0.4, 0.5) is 4.79 Å². The number of nitrogens with one attached hydrogen (secondary N) is 1. The molecule has 0 aromatic heterocycles. The van der Waals surface area contributed by atoms with Crippen LogP contribution in [-0.2, 0) is 9.53 Å². The number of rotatable bonds is 4. The van der Waals surface area contributed by atoms with Crippen molar-refractivity contribution in [3.05, 3.63) is 0 Å². The van der Waals surface area contributed by atoms with Crippen LogP contribution in [-0.4, -0.2) is 41.6 Å². The summed E-state index contributed by atoms with van der Waals surface area (Å²) in [5.41, 5.74) is -0.146. The molecule has 5 nitrogen and oxygen atoms in total. The summed E-state index contributed by atoms with van der Waals surface area (Å²) in [4.78, 5) is 25.6. The Balaban J connectivity index is 1.98. The Labute approximate surface area is 108 Å². The van der Waals surface area contributed by atoms with Gasteiger partial charge in [0.05, 0.1) is 12.1 Å². The van der Waals surface area contributed by atoms with Gasteiger partial charge in [0, 0.05) is 6.54 Å². The second-order valence-electron chi connectivity index (χ2n) is 5.29. The van der Waals surface area contributed by atoms with E-state index in [0.29, 0.717) is 19.6 Å². The minimum atomic E-state index is -0.370. The molecular formula is C13H22N2O3. The van der Waals surface area contributed by atoms with Crippen LogP contribution in [0, 0.1) is 0 Å². The van der Waals surface area contributed by atoms with Crippen molar-refractivity contribution in [2.24, 2.45) is 0 Å². The van der Waals surface area contributed by atoms with E-state index >= 15 is 0 Å². The largest absolute Gasteiger partial charge is 0.449 e. The van der Waals surface area contributed by atoms with E-state index in [-0.39, 0.29) is 23.6 Å². The van der Waals surface area contributed by atoms with Crippen LogP contribution in [0.3, 0.4) is 0 Å². The fraction of sp³-hybridized carbons (Fsp3) is 0.846. The zero-order valence-corrected chi connectivity index (χ0v) is 11.2. The van der Waals surface area contributed by atoms with E-state index in [9.17, 15) is 9.59 Å². The summed E-state index contributed by atoms with van der Waals surface area (Å²) in [6, 6.07) is -0.370. The molecule has 1 heterocycles. The summed E-state index contributed by atoms with van der Waals surface area (Å²) < 4.78 is 5.23. The Morgan fingerprint density at radius 3 is 2.78 bits per heavy atom. The maximum atomic E-state index is 12.0. The molecule has 1 aliphatic heterocycles. The number of carbonyl (C=O) groups is 2. The van der Waals surface area contributed by atoms with E-state index < -0.39 is 0 Å².